The summed E-state index contributed by atoms with van der Waals surface area (Å²) in [6, 6.07) is 3.17. The van der Waals surface area contributed by atoms with E-state index in [4.69, 9.17) is 5.73 Å². The monoisotopic (exact) mass is 257 g/mol. The van der Waals surface area contributed by atoms with Gasteiger partial charge in [0.15, 0.2) is 5.03 Å². The fourth-order valence-electron chi connectivity index (χ4n) is 1.46. The summed E-state index contributed by atoms with van der Waals surface area (Å²) in [6.45, 7) is 2.04. The zero-order chi connectivity index (χ0) is 13.1. The number of sulfonamides is 1. The van der Waals surface area contributed by atoms with Crippen LogP contribution in [0.1, 0.15) is 31.4 Å². The predicted octanol–water partition coefficient (Wildman–Crippen LogP) is 1.13. The molecule has 0 fully saturated rings. The lowest BCUT2D eigenvalue weighted by molar-refractivity contribution is 0.516. The second-order valence-electron chi connectivity index (χ2n) is 4.11. The summed E-state index contributed by atoms with van der Waals surface area (Å²) < 4.78 is 24.9. The van der Waals surface area contributed by atoms with E-state index in [1.54, 1.807) is 12.1 Å². The van der Waals surface area contributed by atoms with Crippen LogP contribution < -0.4 is 5.73 Å². The molecule has 1 heterocycles. The number of aromatic nitrogens is 1. The van der Waals surface area contributed by atoms with Crippen molar-refractivity contribution in [3.63, 3.8) is 0 Å². The van der Waals surface area contributed by atoms with Crippen molar-refractivity contribution < 1.29 is 8.42 Å². The third kappa shape index (κ3) is 3.24. The number of nitrogens with zero attached hydrogens (tertiary/aromatic N) is 2. The standard InChI is InChI=1S/C11H19N3O2S/c1-4-5-10(12)9-6-7-13-11(8-9)17(15,16)14(2)3/h6-8,10H,4-5,12H2,1-3H3. The molecule has 1 rings (SSSR count). The highest BCUT2D eigenvalue weighted by Gasteiger charge is 2.19. The number of pyridine rings is 1. The number of hydrogen-bond acceptors (Lipinski definition) is 4. The molecule has 6 heteroatoms. The van der Waals surface area contributed by atoms with Crippen LogP contribution in [0.3, 0.4) is 0 Å². The van der Waals surface area contributed by atoms with E-state index in [9.17, 15) is 8.42 Å². The molecule has 17 heavy (non-hydrogen) atoms. The van der Waals surface area contributed by atoms with Gasteiger partial charge in [-0.2, -0.15) is 0 Å². The maximum absolute atomic E-state index is 11.9. The smallest absolute Gasteiger partial charge is 0.260 e. The first-order valence-electron chi connectivity index (χ1n) is 5.53. The van der Waals surface area contributed by atoms with Crippen molar-refractivity contribution in [3.8, 4) is 0 Å². The van der Waals surface area contributed by atoms with Gasteiger partial charge in [-0.1, -0.05) is 13.3 Å². The Morgan fingerprint density at radius 1 is 1.47 bits per heavy atom. The number of rotatable bonds is 5. The van der Waals surface area contributed by atoms with Crippen molar-refractivity contribution in [3.05, 3.63) is 23.9 Å². The average molecular weight is 257 g/mol. The van der Waals surface area contributed by atoms with E-state index in [1.165, 1.54) is 20.3 Å². The van der Waals surface area contributed by atoms with E-state index in [-0.39, 0.29) is 11.1 Å². The molecular weight excluding hydrogens is 238 g/mol. The Bertz CT molecular complexity index is 471. The molecule has 0 saturated heterocycles. The van der Waals surface area contributed by atoms with Gasteiger partial charge in [0.2, 0.25) is 0 Å². The van der Waals surface area contributed by atoms with Crippen LogP contribution in [0.2, 0.25) is 0 Å². The zero-order valence-electron chi connectivity index (χ0n) is 10.4. The summed E-state index contributed by atoms with van der Waals surface area (Å²) in [5, 5.41) is 0.0477. The van der Waals surface area contributed by atoms with Gasteiger partial charge in [-0.15, -0.1) is 0 Å². The minimum absolute atomic E-state index is 0.0477. The maximum atomic E-state index is 11.9. The Morgan fingerprint density at radius 3 is 2.65 bits per heavy atom. The van der Waals surface area contributed by atoms with Gasteiger partial charge >= 0.3 is 0 Å². The van der Waals surface area contributed by atoms with Gasteiger partial charge in [0.05, 0.1) is 0 Å². The minimum atomic E-state index is -3.48. The van der Waals surface area contributed by atoms with Crippen molar-refractivity contribution in [2.75, 3.05) is 14.1 Å². The van der Waals surface area contributed by atoms with Crippen LogP contribution in [0, 0.1) is 0 Å². The molecule has 0 saturated carbocycles. The molecule has 1 atom stereocenters. The van der Waals surface area contributed by atoms with Crippen LogP contribution in [0.25, 0.3) is 0 Å². The van der Waals surface area contributed by atoms with Gasteiger partial charge in [-0.3, -0.25) is 0 Å². The van der Waals surface area contributed by atoms with Gasteiger partial charge in [0.25, 0.3) is 10.0 Å². The fourth-order valence-corrected chi connectivity index (χ4v) is 2.31. The largest absolute Gasteiger partial charge is 0.324 e. The van der Waals surface area contributed by atoms with E-state index < -0.39 is 10.0 Å². The van der Waals surface area contributed by atoms with Gasteiger partial charge in [-0.05, 0) is 24.1 Å². The quantitative estimate of drug-likeness (QED) is 0.858. The fraction of sp³-hybridized carbons (Fsp3) is 0.545. The molecule has 0 bridgehead atoms. The lowest BCUT2D eigenvalue weighted by Crippen LogP contribution is -2.23. The Hall–Kier alpha value is -0.980. The third-order valence-electron chi connectivity index (χ3n) is 2.53. The highest BCUT2D eigenvalue weighted by molar-refractivity contribution is 7.89. The first-order valence-corrected chi connectivity index (χ1v) is 6.97. The Balaban J connectivity index is 3.10. The first kappa shape index (κ1) is 14.1. The van der Waals surface area contributed by atoms with Crippen LogP contribution in [-0.4, -0.2) is 31.8 Å². The van der Waals surface area contributed by atoms with E-state index in [0.717, 1.165) is 22.7 Å². The molecule has 5 nitrogen and oxygen atoms in total. The highest BCUT2D eigenvalue weighted by Crippen LogP contribution is 2.18. The summed E-state index contributed by atoms with van der Waals surface area (Å²) in [5.74, 6) is 0. The lowest BCUT2D eigenvalue weighted by Gasteiger charge is -2.14. The molecule has 0 aliphatic heterocycles. The van der Waals surface area contributed by atoms with E-state index in [0.29, 0.717) is 0 Å². The van der Waals surface area contributed by atoms with Crippen LogP contribution in [0.5, 0.6) is 0 Å². The SMILES string of the molecule is CCCC(N)c1ccnc(S(=O)(=O)N(C)C)c1. The van der Waals surface area contributed by atoms with Gasteiger partial charge in [0, 0.05) is 26.3 Å². The summed E-state index contributed by atoms with van der Waals surface area (Å²) in [5.41, 5.74) is 6.77. The lowest BCUT2D eigenvalue weighted by atomic mass is 10.1. The van der Waals surface area contributed by atoms with Crippen molar-refractivity contribution in [1.29, 1.82) is 0 Å². The van der Waals surface area contributed by atoms with Crippen LogP contribution in [0.15, 0.2) is 23.4 Å². The third-order valence-corrected chi connectivity index (χ3v) is 4.25. The Kier molecular flexibility index (Phi) is 4.62. The first-order chi connectivity index (χ1) is 7.89. The second-order valence-corrected chi connectivity index (χ2v) is 6.21. The average Bonchev–Trinajstić information content (AvgIpc) is 2.29. The van der Waals surface area contributed by atoms with Gasteiger partial charge in [-0.25, -0.2) is 17.7 Å². The topological polar surface area (TPSA) is 76.3 Å². The molecule has 2 N–H and O–H groups in total. The van der Waals surface area contributed by atoms with Crippen molar-refractivity contribution in [2.45, 2.75) is 30.8 Å². The van der Waals surface area contributed by atoms with Crippen molar-refractivity contribution in [2.24, 2.45) is 5.73 Å². The van der Waals surface area contributed by atoms with E-state index in [2.05, 4.69) is 4.98 Å². The molecule has 0 amide bonds. The molecule has 96 valence electrons. The molecule has 0 aliphatic rings. The van der Waals surface area contributed by atoms with Crippen LogP contribution >= 0.6 is 0 Å². The molecule has 1 aromatic rings. The molecule has 0 radical (unpaired) electrons. The molecule has 1 aromatic heterocycles. The van der Waals surface area contributed by atoms with Crippen LogP contribution in [0.4, 0.5) is 0 Å². The molecular formula is C11H19N3O2S. The summed E-state index contributed by atoms with van der Waals surface area (Å²) >= 11 is 0. The zero-order valence-corrected chi connectivity index (χ0v) is 11.2. The van der Waals surface area contributed by atoms with E-state index >= 15 is 0 Å². The minimum Gasteiger partial charge on any atom is -0.324 e. The van der Waals surface area contributed by atoms with Crippen LogP contribution in [-0.2, 0) is 10.0 Å². The number of nitrogens with two attached hydrogens (primary N) is 1. The highest BCUT2D eigenvalue weighted by atomic mass is 32.2. The van der Waals surface area contributed by atoms with Crippen molar-refractivity contribution in [1.82, 2.24) is 9.29 Å². The molecule has 1 unspecified atom stereocenters. The summed E-state index contributed by atoms with van der Waals surface area (Å²) in [7, 11) is -0.518. The summed E-state index contributed by atoms with van der Waals surface area (Å²) in [6.07, 6.45) is 3.27. The van der Waals surface area contributed by atoms with Gasteiger partial charge < -0.3 is 5.73 Å². The Morgan fingerprint density at radius 2 is 2.12 bits per heavy atom. The normalized spacial score (nSPS) is 13.9. The van der Waals surface area contributed by atoms with E-state index in [1.807, 2.05) is 6.92 Å². The Labute approximate surface area is 103 Å². The van der Waals surface area contributed by atoms with Gasteiger partial charge in [0.1, 0.15) is 0 Å². The maximum Gasteiger partial charge on any atom is 0.260 e. The summed E-state index contributed by atoms with van der Waals surface area (Å²) in [4.78, 5) is 3.89. The van der Waals surface area contributed by atoms with Crippen molar-refractivity contribution >= 4 is 10.0 Å². The predicted molar refractivity (Wildman–Crippen MR) is 66.9 cm³/mol. The molecule has 0 spiro atoms. The molecule has 0 aromatic carbocycles. The molecule has 0 aliphatic carbocycles. The second kappa shape index (κ2) is 5.57. The number of hydrogen-bond donors (Lipinski definition) is 1.